The molecule has 4 aliphatic rings. The summed E-state index contributed by atoms with van der Waals surface area (Å²) < 4.78 is 50.8. The van der Waals surface area contributed by atoms with Crippen LogP contribution in [0.25, 0.3) is 21.9 Å². The highest BCUT2D eigenvalue weighted by atomic mass is 19.4. The molecule has 7 heterocycles. The fourth-order valence-corrected chi connectivity index (χ4v) is 9.25. The molecule has 4 fully saturated rings. The molecule has 9 rings (SSSR count). The number of alkyl halides is 3. The summed E-state index contributed by atoms with van der Waals surface area (Å²) in [5.41, 5.74) is 1.21. The molecule has 4 aromatic heterocycles. The molecule has 2 atom stereocenters. The zero-order valence-corrected chi connectivity index (χ0v) is 30.6. The molecule has 3 aliphatic heterocycles. The van der Waals surface area contributed by atoms with Crippen LogP contribution in [0.2, 0.25) is 0 Å². The van der Waals surface area contributed by atoms with Crippen molar-refractivity contribution in [3.63, 3.8) is 0 Å². The van der Waals surface area contributed by atoms with E-state index in [1.54, 1.807) is 23.9 Å². The number of halogens is 3. The van der Waals surface area contributed by atoms with Crippen molar-refractivity contribution in [2.45, 2.75) is 74.7 Å². The predicted molar refractivity (Wildman–Crippen MR) is 197 cm³/mol. The zero-order valence-electron chi connectivity index (χ0n) is 30.6. The van der Waals surface area contributed by atoms with E-state index in [1.165, 1.54) is 10.6 Å². The molecule has 17 heteroatoms. The van der Waals surface area contributed by atoms with E-state index in [9.17, 15) is 32.3 Å². The van der Waals surface area contributed by atoms with Gasteiger partial charge in [0.25, 0.3) is 5.91 Å². The molecule has 0 bridgehead atoms. The van der Waals surface area contributed by atoms with Gasteiger partial charge in [0.2, 0.25) is 11.8 Å². The van der Waals surface area contributed by atoms with Crippen LogP contribution in [0.1, 0.15) is 84.7 Å². The first-order chi connectivity index (χ1) is 26.8. The van der Waals surface area contributed by atoms with Gasteiger partial charge in [0.1, 0.15) is 28.8 Å². The van der Waals surface area contributed by atoms with E-state index in [1.807, 2.05) is 23.0 Å². The maximum absolute atomic E-state index is 13.4. The van der Waals surface area contributed by atoms with Crippen molar-refractivity contribution >= 4 is 45.5 Å². The molecule has 1 aliphatic carbocycles. The number of imide groups is 1. The van der Waals surface area contributed by atoms with Crippen molar-refractivity contribution in [3.8, 4) is 0 Å². The number of imidazole rings is 1. The van der Waals surface area contributed by atoms with E-state index in [0.29, 0.717) is 30.0 Å². The molecule has 1 spiro atoms. The molecular formula is C39H40F3N9O5. The molecule has 292 valence electrons. The number of anilines is 1. The van der Waals surface area contributed by atoms with Gasteiger partial charge in [-0.1, -0.05) is 18.2 Å². The van der Waals surface area contributed by atoms with Gasteiger partial charge >= 0.3 is 11.9 Å². The van der Waals surface area contributed by atoms with Crippen molar-refractivity contribution < 1.29 is 32.3 Å². The first-order valence-corrected chi connectivity index (χ1v) is 18.9. The summed E-state index contributed by atoms with van der Waals surface area (Å²) in [5, 5.41) is 10.4. The number of nitrogens with zero attached hydrogens (tertiary/aromatic N) is 7. The Morgan fingerprint density at radius 3 is 2.61 bits per heavy atom. The second kappa shape index (κ2) is 13.7. The molecule has 1 saturated carbocycles. The Hall–Kier alpha value is -5.42. The van der Waals surface area contributed by atoms with Crippen LogP contribution in [-0.4, -0.2) is 83.3 Å². The molecule has 14 nitrogen and oxygen atoms in total. The summed E-state index contributed by atoms with van der Waals surface area (Å²) in [7, 11) is 1.74. The minimum absolute atomic E-state index is 0.110. The third-order valence-electron chi connectivity index (χ3n) is 12.0. The first-order valence-electron chi connectivity index (χ1n) is 18.9. The number of nitrogens with one attached hydrogen (secondary N) is 2. The van der Waals surface area contributed by atoms with Crippen molar-refractivity contribution in [1.82, 2.24) is 39.1 Å². The molecule has 3 saturated heterocycles. The van der Waals surface area contributed by atoms with Crippen LogP contribution < -0.4 is 16.3 Å². The van der Waals surface area contributed by atoms with Crippen LogP contribution in [0.15, 0.2) is 59.7 Å². The highest BCUT2D eigenvalue weighted by Gasteiger charge is 2.50. The predicted octanol–water partition coefficient (Wildman–Crippen LogP) is 4.72. The van der Waals surface area contributed by atoms with Gasteiger partial charge in [-0.25, -0.2) is 14.8 Å². The number of aromatic nitrogens is 6. The first kappa shape index (κ1) is 36.2. The Morgan fingerprint density at radius 1 is 1.05 bits per heavy atom. The van der Waals surface area contributed by atoms with E-state index in [-0.39, 0.29) is 47.1 Å². The number of rotatable bonds is 7. The second-order valence-corrected chi connectivity index (χ2v) is 15.7. The number of hydrogen-bond donors (Lipinski definition) is 2. The lowest BCUT2D eigenvalue weighted by Gasteiger charge is -2.49. The summed E-state index contributed by atoms with van der Waals surface area (Å²) in [6.45, 7) is 3.27. The Bertz CT molecular complexity index is 2440. The van der Waals surface area contributed by atoms with Crippen LogP contribution in [0, 0.1) is 5.92 Å². The van der Waals surface area contributed by atoms with Crippen molar-refractivity contribution in [2.75, 3.05) is 31.6 Å². The normalized spacial score (nSPS) is 24.1. The van der Waals surface area contributed by atoms with E-state index in [0.717, 1.165) is 80.3 Å². The molecule has 2 unspecified atom stereocenters. The number of fused-ring (bicyclic) bond motifs is 2. The number of aryl methyl sites for hydroxylation is 1. The van der Waals surface area contributed by atoms with Gasteiger partial charge in [-0.2, -0.15) is 18.3 Å². The largest absolute Gasteiger partial charge is 0.433 e. The van der Waals surface area contributed by atoms with Gasteiger partial charge in [-0.3, -0.25) is 38.4 Å². The molecule has 2 N–H and O–H groups in total. The smallest absolute Gasteiger partial charge is 0.372 e. The Kier molecular flexibility index (Phi) is 8.83. The second-order valence-electron chi connectivity index (χ2n) is 15.7. The SMILES string of the molecule is Cn1c(=O)n(C2CCC(=O)NC2=O)c2cccc(C3COC4(C3)CN(CC3CCC(n5cc6cc(NC(=O)c7cccc(C(F)(F)F)n7)ncc6n5)CC3)C4)c21. The molecule has 5 aromatic rings. The number of amides is 3. The lowest BCUT2D eigenvalue weighted by atomic mass is 9.81. The topological polar surface area (TPSA) is 158 Å². The summed E-state index contributed by atoms with van der Waals surface area (Å²) in [6, 6.07) is 10.2. The summed E-state index contributed by atoms with van der Waals surface area (Å²) in [5.74, 6) is -0.693. The molecule has 56 heavy (non-hydrogen) atoms. The lowest BCUT2D eigenvalue weighted by Crippen LogP contribution is -2.62. The summed E-state index contributed by atoms with van der Waals surface area (Å²) in [4.78, 5) is 60.7. The number of para-hydroxylation sites is 1. The van der Waals surface area contributed by atoms with Gasteiger partial charge in [0, 0.05) is 50.6 Å². The number of carbonyl (C=O) groups excluding carboxylic acids is 3. The van der Waals surface area contributed by atoms with Gasteiger partial charge in [-0.15, -0.1) is 0 Å². The van der Waals surface area contributed by atoms with Crippen molar-refractivity contribution in [1.29, 1.82) is 0 Å². The van der Waals surface area contributed by atoms with Crippen LogP contribution in [0.3, 0.4) is 0 Å². The number of benzene rings is 1. The highest BCUT2D eigenvalue weighted by Crippen LogP contribution is 2.45. The van der Waals surface area contributed by atoms with Crippen LogP contribution >= 0.6 is 0 Å². The van der Waals surface area contributed by atoms with Gasteiger partial charge in [0.05, 0.1) is 35.5 Å². The third kappa shape index (κ3) is 6.55. The average Bonchev–Trinajstić information content (AvgIpc) is 3.86. The van der Waals surface area contributed by atoms with Crippen molar-refractivity contribution in [3.05, 3.63) is 82.3 Å². The zero-order chi connectivity index (χ0) is 38.9. The molecular weight excluding hydrogens is 731 g/mol. The minimum atomic E-state index is -4.66. The maximum Gasteiger partial charge on any atom is 0.433 e. The molecule has 1 aromatic carbocycles. The average molecular weight is 772 g/mol. The highest BCUT2D eigenvalue weighted by molar-refractivity contribution is 6.03. The number of ether oxygens (including phenoxy) is 1. The van der Waals surface area contributed by atoms with Gasteiger partial charge in [-0.05, 0) is 74.3 Å². The van der Waals surface area contributed by atoms with E-state index in [4.69, 9.17) is 9.84 Å². The number of likely N-dealkylation sites (tertiary alicyclic amines) is 1. The maximum atomic E-state index is 13.4. The van der Waals surface area contributed by atoms with E-state index < -0.39 is 29.7 Å². The fraction of sp³-hybridized carbons (Fsp3) is 0.462. The number of hydrogen-bond acceptors (Lipinski definition) is 9. The fourth-order valence-electron chi connectivity index (χ4n) is 9.25. The monoisotopic (exact) mass is 771 g/mol. The lowest BCUT2D eigenvalue weighted by molar-refractivity contribution is -0.141. The molecule has 3 amide bonds. The Morgan fingerprint density at radius 2 is 1.84 bits per heavy atom. The standard InChI is InChI=1S/C39H40F3N9O5/c1-48-34-26(4-2-6-29(34)51(37(48)55)30-12-13-33(52)46-36(30)54)24-15-38(56-19-24)20-49(21-38)17-22-8-10-25(11-9-22)50-18-23-14-32(43-16-28(23)47-50)45-35(53)27-5-3-7-31(44-27)39(40,41)42/h2-7,14,16,18,22,24-25,30H,8-13,15,17,19-21H2,1H3,(H,45,53)(H,46,52,54). The van der Waals surface area contributed by atoms with E-state index >= 15 is 0 Å². The summed E-state index contributed by atoms with van der Waals surface area (Å²) in [6.07, 6.45) is 4.19. The van der Waals surface area contributed by atoms with Gasteiger partial charge < -0.3 is 10.1 Å². The van der Waals surface area contributed by atoms with Gasteiger partial charge in [0.15, 0.2) is 0 Å². The minimum Gasteiger partial charge on any atom is -0.372 e. The number of carbonyl (C=O) groups is 3. The van der Waals surface area contributed by atoms with Crippen LogP contribution in [0.5, 0.6) is 0 Å². The van der Waals surface area contributed by atoms with Crippen LogP contribution in [-0.2, 0) is 27.5 Å². The van der Waals surface area contributed by atoms with E-state index in [2.05, 4.69) is 31.6 Å². The molecule has 0 radical (unpaired) electrons. The quantitative estimate of drug-likeness (QED) is 0.224. The number of piperidine rings is 1. The third-order valence-corrected chi connectivity index (χ3v) is 12.0. The number of pyridine rings is 2. The van der Waals surface area contributed by atoms with Crippen LogP contribution in [0.4, 0.5) is 19.0 Å². The summed E-state index contributed by atoms with van der Waals surface area (Å²) >= 11 is 0. The Balaban J connectivity index is 0.787. The van der Waals surface area contributed by atoms with Crippen molar-refractivity contribution in [2.24, 2.45) is 13.0 Å². The Labute approximate surface area is 318 Å².